The maximum Gasteiger partial charge on any atom is 0.220 e. The number of hydrogen-bond acceptors (Lipinski definition) is 5. The summed E-state index contributed by atoms with van der Waals surface area (Å²) in [6.45, 7) is 0.326. The Hall–Kier alpha value is -3.01. The molecule has 0 unspecified atom stereocenters. The second-order valence-corrected chi connectivity index (χ2v) is 6.02. The number of H-pyrrole nitrogens is 1. The molecular formula is C18H20N6O. The van der Waals surface area contributed by atoms with Gasteiger partial charge in [0.2, 0.25) is 5.91 Å². The highest BCUT2D eigenvalue weighted by Crippen LogP contribution is 2.37. The molecule has 3 rings (SSSR count). The molecule has 128 valence electrons. The van der Waals surface area contributed by atoms with Crippen LogP contribution in [0.4, 0.5) is 0 Å². The molecule has 2 aromatic rings. The number of carbonyl (C=O) groups excluding carboxylic acids is 1. The molecule has 1 amide bonds. The van der Waals surface area contributed by atoms with Gasteiger partial charge in [0.15, 0.2) is 11.5 Å². The van der Waals surface area contributed by atoms with Gasteiger partial charge in [0.1, 0.15) is 5.82 Å². The van der Waals surface area contributed by atoms with Gasteiger partial charge in [-0.05, 0) is 5.56 Å². The summed E-state index contributed by atoms with van der Waals surface area (Å²) in [5, 5.41) is 17.9. The molecule has 0 spiro atoms. The van der Waals surface area contributed by atoms with Crippen molar-refractivity contribution < 1.29 is 4.79 Å². The lowest BCUT2D eigenvalue weighted by atomic mass is 10.0. The Labute approximate surface area is 146 Å². The number of nitrogens with one attached hydrogen (secondary N) is 2. The second-order valence-electron chi connectivity index (χ2n) is 6.02. The highest BCUT2D eigenvalue weighted by atomic mass is 16.1. The molecule has 7 nitrogen and oxygen atoms in total. The molecular weight excluding hydrogens is 316 g/mol. The van der Waals surface area contributed by atoms with E-state index in [0.717, 1.165) is 5.56 Å². The largest absolute Gasteiger partial charge is 0.349 e. The van der Waals surface area contributed by atoms with Crippen LogP contribution in [0.15, 0.2) is 40.6 Å². The molecule has 0 saturated heterocycles. The summed E-state index contributed by atoms with van der Waals surface area (Å²) in [5.41, 5.74) is 0.727. The van der Waals surface area contributed by atoms with Crippen molar-refractivity contribution in [3.05, 3.63) is 47.5 Å². The first-order valence-electron chi connectivity index (χ1n) is 8.27. The fourth-order valence-electron chi connectivity index (χ4n) is 2.52. The van der Waals surface area contributed by atoms with Gasteiger partial charge in [-0.2, -0.15) is 15.3 Å². The van der Waals surface area contributed by atoms with Crippen molar-refractivity contribution >= 4 is 5.91 Å². The first kappa shape index (κ1) is 16.8. The van der Waals surface area contributed by atoms with E-state index in [9.17, 15) is 4.79 Å². The van der Waals surface area contributed by atoms with Crippen LogP contribution in [0.2, 0.25) is 0 Å². The number of rotatable bonds is 9. The molecule has 1 aliphatic heterocycles. The zero-order chi connectivity index (χ0) is 17.5. The Morgan fingerprint density at radius 1 is 1.24 bits per heavy atom. The molecule has 1 aromatic carbocycles. The second kappa shape index (κ2) is 7.71. The fourth-order valence-corrected chi connectivity index (χ4v) is 2.52. The minimum absolute atomic E-state index is 0.0570. The zero-order valence-electron chi connectivity index (χ0n) is 13.9. The van der Waals surface area contributed by atoms with E-state index in [1.165, 1.54) is 0 Å². The summed E-state index contributed by atoms with van der Waals surface area (Å²) in [4.78, 5) is 16.4. The van der Waals surface area contributed by atoms with Crippen LogP contribution in [0.5, 0.6) is 0 Å². The van der Waals surface area contributed by atoms with E-state index >= 15 is 0 Å². The number of aromatic amines is 1. The highest BCUT2D eigenvalue weighted by molar-refractivity contribution is 5.75. The van der Waals surface area contributed by atoms with Gasteiger partial charge in [-0.25, -0.2) is 4.98 Å². The number of amides is 1. The van der Waals surface area contributed by atoms with Crippen molar-refractivity contribution in [2.24, 2.45) is 10.2 Å². The van der Waals surface area contributed by atoms with Gasteiger partial charge >= 0.3 is 0 Å². The average Bonchev–Trinajstić information content (AvgIpc) is 3.28. The van der Waals surface area contributed by atoms with E-state index in [1.807, 2.05) is 30.3 Å². The van der Waals surface area contributed by atoms with Crippen LogP contribution in [0.3, 0.4) is 0 Å². The Balaban J connectivity index is 1.40. The van der Waals surface area contributed by atoms with Crippen LogP contribution >= 0.6 is 0 Å². The van der Waals surface area contributed by atoms with Gasteiger partial charge in [-0.15, -0.1) is 12.3 Å². The molecule has 0 saturated carbocycles. The lowest BCUT2D eigenvalue weighted by Gasteiger charge is -2.08. The van der Waals surface area contributed by atoms with Gasteiger partial charge in [0.05, 0.1) is 6.54 Å². The predicted octanol–water partition coefficient (Wildman–Crippen LogP) is 2.37. The Kier molecular flexibility index (Phi) is 5.19. The van der Waals surface area contributed by atoms with Crippen LogP contribution < -0.4 is 5.32 Å². The Morgan fingerprint density at radius 2 is 2.04 bits per heavy atom. The summed E-state index contributed by atoms with van der Waals surface area (Å²) in [7, 11) is 0. The van der Waals surface area contributed by atoms with E-state index in [2.05, 4.69) is 36.6 Å². The summed E-state index contributed by atoms with van der Waals surface area (Å²) in [6, 6.07) is 10.0. The third kappa shape index (κ3) is 4.98. The SMILES string of the molecule is C#CCCC1(CCC(=O)NCc2nc(Cc3ccccc3)n[nH]2)N=N1. The number of carbonyl (C=O) groups is 1. The van der Waals surface area contributed by atoms with Crippen molar-refractivity contribution in [2.75, 3.05) is 0 Å². The van der Waals surface area contributed by atoms with E-state index in [4.69, 9.17) is 6.42 Å². The maximum absolute atomic E-state index is 12.0. The van der Waals surface area contributed by atoms with Crippen molar-refractivity contribution in [3.63, 3.8) is 0 Å². The van der Waals surface area contributed by atoms with Crippen LogP contribution in [0.25, 0.3) is 0 Å². The predicted molar refractivity (Wildman–Crippen MR) is 92.4 cm³/mol. The van der Waals surface area contributed by atoms with Crippen LogP contribution in [0, 0.1) is 12.3 Å². The van der Waals surface area contributed by atoms with Crippen molar-refractivity contribution in [3.8, 4) is 12.3 Å². The molecule has 1 aliphatic rings. The molecule has 7 heteroatoms. The Bertz CT molecular complexity index is 783. The lowest BCUT2D eigenvalue weighted by molar-refractivity contribution is -0.121. The van der Waals surface area contributed by atoms with E-state index in [0.29, 0.717) is 50.3 Å². The first-order chi connectivity index (χ1) is 12.2. The maximum atomic E-state index is 12.0. The minimum Gasteiger partial charge on any atom is -0.349 e. The van der Waals surface area contributed by atoms with Gasteiger partial charge in [0, 0.05) is 32.1 Å². The van der Waals surface area contributed by atoms with Gasteiger partial charge in [-0.3, -0.25) is 9.89 Å². The topological polar surface area (TPSA) is 95.4 Å². The number of benzene rings is 1. The Morgan fingerprint density at radius 3 is 2.76 bits per heavy atom. The van der Waals surface area contributed by atoms with Gasteiger partial charge in [0.25, 0.3) is 0 Å². The third-order valence-corrected chi connectivity index (χ3v) is 4.04. The van der Waals surface area contributed by atoms with E-state index in [1.54, 1.807) is 0 Å². The van der Waals surface area contributed by atoms with Crippen LogP contribution in [-0.2, 0) is 17.8 Å². The number of terminal acetylenes is 1. The number of hydrogen-bond donors (Lipinski definition) is 2. The molecule has 2 heterocycles. The molecule has 0 radical (unpaired) electrons. The fraction of sp³-hybridized carbons (Fsp3) is 0.389. The normalized spacial score (nSPS) is 14.0. The molecule has 0 aliphatic carbocycles. The summed E-state index contributed by atoms with van der Waals surface area (Å²) in [6.07, 6.45) is 8.20. The monoisotopic (exact) mass is 336 g/mol. The van der Waals surface area contributed by atoms with Crippen molar-refractivity contribution in [2.45, 2.75) is 44.3 Å². The highest BCUT2D eigenvalue weighted by Gasteiger charge is 2.39. The van der Waals surface area contributed by atoms with E-state index < -0.39 is 5.66 Å². The third-order valence-electron chi connectivity index (χ3n) is 4.04. The lowest BCUT2D eigenvalue weighted by Crippen LogP contribution is -2.25. The van der Waals surface area contributed by atoms with Crippen molar-refractivity contribution in [1.29, 1.82) is 0 Å². The summed E-state index contributed by atoms with van der Waals surface area (Å²) < 4.78 is 0. The van der Waals surface area contributed by atoms with Crippen molar-refractivity contribution in [1.82, 2.24) is 20.5 Å². The molecule has 0 bridgehead atoms. The number of aromatic nitrogens is 3. The quantitative estimate of drug-likeness (QED) is 0.688. The smallest absolute Gasteiger partial charge is 0.220 e. The average molecular weight is 336 g/mol. The summed E-state index contributed by atoms with van der Waals surface area (Å²) >= 11 is 0. The van der Waals surface area contributed by atoms with E-state index in [-0.39, 0.29) is 5.91 Å². The molecule has 1 aromatic heterocycles. The molecule has 2 N–H and O–H groups in total. The first-order valence-corrected chi connectivity index (χ1v) is 8.27. The summed E-state index contributed by atoms with van der Waals surface area (Å²) in [5.74, 6) is 3.87. The van der Waals surface area contributed by atoms with Crippen LogP contribution in [-0.4, -0.2) is 26.8 Å². The van der Waals surface area contributed by atoms with Gasteiger partial charge in [-0.1, -0.05) is 30.3 Å². The minimum atomic E-state index is -0.418. The van der Waals surface area contributed by atoms with Gasteiger partial charge < -0.3 is 5.32 Å². The molecule has 0 fully saturated rings. The molecule has 25 heavy (non-hydrogen) atoms. The zero-order valence-corrected chi connectivity index (χ0v) is 13.9. The van der Waals surface area contributed by atoms with Crippen LogP contribution in [0.1, 0.15) is 42.9 Å². The number of nitrogens with zero attached hydrogens (tertiary/aromatic N) is 4. The molecule has 0 atom stereocenters. The standard InChI is InChI=1S/C18H20N6O/c1-2-3-10-18(23-24-18)11-9-17(25)19-13-16-20-15(21-22-16)12-14-7-5-4-6-8-14/h1,4-8H,3,9-13H2,(H,19,25)(H,20,21,22).